The van der Waals surface area contributed by atoms with E-state index in [0.717, 1.165) is 6.54 Å². The molecule has 6 nitrogen and oxygen atoms in total. The molecule has 1 atom stereocenters. The van der Waals surface area contributed by atoms with Gasteiger partial charge in [-0.15, -0.1) is 0 Å². The Hall–Kier alpha value is -1.82. The third kappa shape index (κ3) is 3.10. The van der Waals surface area contributed by atoms with Gasteiger partial charge in [0.05, 0.1) is 12.2 Å². The van der Waals surface area contributed by atoms with Crippen molar-refractivity contribution in [3.8, 4) is 0 Å². The average molecular weight is 293 g/mol. The average Bonchev–Trinajstić information content (AvgIpc) is 2.73. The molecule has 0 spiro atoms. The molecular weight excluding hydrogens is 270 g/mol. The van der Waals surface area contributed by atoms with Gasteiger partial charge in [0.1, 0.15) is 5.69 Å². The van der Waals surface area contributed by atoms with E-state index < -0.39 is 0 Å². The Bertz CT molecular complexity index is 551. The van der Waals surface area contributed by atoms with Crippen LogP contribution in [0.2, 0.25) is 0 Å². The maximum atomic E-state index is 12.6. The number of hydrogen-bond donors (Lipinski definition) is 2. The highest BCUT2D eigenvalue weighted by Crippen LogP contribution is 2.21. The Kier molecular flexibility index (Phi) is 4.67. The van der Waals surface area contributed by atoms with E-state index in [1.54, 1.807) is 20.8 Å². The predicted octanol–water partition coefficient (Wildman–Crippen LogP) is 1.24. The molecule has 1 fully saturated rings. The van der Waals surface area contributed by atoms with Gasteiger partial charge in [-0.3, -0.25) is 4.79 Å². The smallest absolute Gasteiger partial charge is 0.340 e. The molecule has 0 aromatic carbocycles. The Labute approximate surface area is 124 Å². The molecule has 1 saturated heterocycles. The van der Waals surface area contributed by atoms with Crippen LogP contribution in [0.15, 0.2) is 0 Å². The van der Waals surface area contributed by atoms with Crippen molar-refractivity contribution < 1.29 is 14.3 Å². The van der Waals surface area contributed by atoms with Crippen LogP contribution in [0.5, 0.6) is 0 Å². The number of amides is 1. The molecule has 21 heavy (non-hydrogen) atoms. The molecule has 0 aliphatic carbocycles. The van der Waals surface area contributed by atoms with Crippen molar-refractivity contribution in [3.63, 3.8) is 0 Å². The predicted molar refractivity (Wildman–Crippen MR) is 79.6 cm³/mol. The van der Waals surface area contributed by atoms with Crippen LogP contribution in [0.4, 0.5) is 0 Å². The van der Waals surface area contributed by atoms with Gasteiger partial charge in [0.2, 0.25) is 0 Å². The van der Waals surface area contributed by atoms with Gasteiger partial charge < -0.3 is 19.9 Å². The number of rotatable bonds is 3. The Morgan fingerprint density at radius 1 is 1.38 bits per heavy atom. The lowest BCUT2D eigenvalue weighted by Crippen LogP contribution is -2.51. The lowest BCUT2D eigenvalue weighted by molar-refractivity contribution is 0.0525. The largest absolute Gasteiger partial charge is 0.462 e. The standard InChI is InChI=1S/C15H23N3O3/c1-5-21-15(20)12-10(3)13(17-11(12)4)14(19)18-7-6-16-9(2)8-18/h9,16-17H,5-8H2,1-4H3/t9-/m1/s1. The number of ether oxygens (including phenoxy) is 1. The highest BCUT2D eigenvalue weighted by atomic mass is 16.5. The number of hydrogen-bond acceptors (Lipinski definition) is 4. The third-order valence-electron chi connectivity index (χ3n) is 3.79. The van der Waals surface area contributed by atoms with Crippen LogP contribution in [0.3, 0.4) is 0 Å². The number of nitrogens with one attached hydrogen (secondary N) is 2. The van der Waals surface area contributed by atoms with Crippen molar-refractivity contribution in [2.45, 2.75) is 33.7 Å². The molecule has 2 heterocycles. The van der Waals surface area contributed by atoms with Crippen molar-refractivity contribution in [2.24, 2.45) is 0 Å². The van der Waals surface area contributed by atoms with Crippen LogP contribution >= 0.6 is 0 Å². The summed E-state index contributed by atoms with van der Waals surface area (Å²) in [7, 11) is 0. The van der Waals surface area contributed by atoms with E-state index in [1.165, 1.54) is 0 Å². The van der Waals surface area contributed by atoms with Crippen molar-refractivity contribution in [1.29, 1.82) is 0 Å². The van der Waals surface area contributed by atoms with E-state index >= 15 is 0 Å². The molecule has 0 unspecified atom stereocenters. The van der Waals surface area contributed by atoms with Crippen LogP contribution in [0.25, 0.3) is 0 Å². The first-order chi connectivity index (χ1) is 9.95. The van der Waals surface area contributed by atoms with Gasteiger partial charge in [-0.1, -0.05) is 0 Å². The maximum absolute atomic E-state index is 12.6. The quantitative estimate of drug-likeness (QED) is 0.822. The van der Waals surface area contributed by atoms with Gasteiger partial charge >= 0.3 is 5.97 Å². The zero-order valence-electron chi connectivity index (χ0n) is 13.1. The summed E-state index contributed by atoms with van der Waals surface area (Å²) in [6.07, 6.45) is 0. The minimum absolute atomic E-state index is 0.0560. The molecule has 1 amide bonds. The minimum atomic E-state index is -0.378. The summed E-state index contributed by atoms with van der Waals surface area (Å²) in [5, 5.41) is 3.31. The van der Waals surface area contributed by atoms with Gasteiger partial charge in [0.15, 0.2) is 0 Å². The summed E-state index contributed by atoms with van der Waals surface area (Å²) in [5.74, 6) is -0.434. The highest BCUT2D eigenvalue weighted by Gasteiger charge is 2.27. The molecule has 1 aromatic rings. The van der Waals surface area contributed by atoms with Gasteiger partial charge in [0.25, 0.3) is 5.91 Å². The molecule has 1 aliphatic heterocycles. The molecule has 1 aromatic heterocycles. The Morgan fingerprint density at radius 3 is 2.71 bits per heavy atom. The Morgan fingerprint density at radius 2 is 2.10 bits per heavy atom. The number of H-pyrrole nitrogens is 1. The number of esters is 1. The van der Waals surface area contributed by atoms with Crippen LogP contribution < -0.4 is 5.32 Å². The highest BCUT2D eigenvalue weighted by molar-refractivity contribution is 6.00. The summed E-state index contributed by atoms with van der Waals surface area (Å²) in [6.45, 7) is 9.85. The van der Waals surface area contributed by atoms with Gasteiger partial charge in [-0.2, -0.15) is 0 Å². The molecule has 116 valence electrons. The van der Waals surface area contributed by atoms with Crippen LogP contribution in [0, 0.1) is 13.8 Å². The number of carbonyl (C=O) groups is 2. The van der Waals surface area contributed by atoms with Crippen LogP contribution in [0.1, 0.15) is 46.0 Å². The summed E-state index contributed by atoms with van der Waals surface area (Å²) >= 11 is 0. The number of aryl methyl sites for hydroxylation is 1. The fraction of sp³-hybridized carbons (Fsp3) is 0.600. The zero-order valence-corrected chi connectivity index (χ0v) is 13.1. The fourth-order valence-corrected chi connectivity index (χ4v) is 2.75. The first-order valence-corrected chi connectivity index (χ1v) is 7.34. The number of nitrogens with zero attached hydrogens (tertiary/aromatic N) is 1. The molecular formula is C15H23N3O3. The maximum Gasteiger partial charge on any atom is 0.340 e. The minimum Gasteiger partial charge on any atom is -0.462 e. The number of carbonyl (C=O) groups excluding carboxylic acids is 2. The fourth-order valence-electron chi connectivity index (χ4n) is 2.75. The Balaban J connectivity index is 2.26. The van der Waals surface area contributed by atoms with E-state index in [0.29, 0.717) is 42.2 Å². The summed E-state index contributed by atoms with van der Waals surface area (Å²) in [4.78, 5) is 29.5. The normalized spacial score (nSPS) is 18.7. The lowest BCUT2D eigenvalue weighted by atomic mass is 10.1. The molecule has 1 aliphatic rings. The molecule has 2 rings (SSSR count). The topological polar surface area (TPSA) is 74.4 Å². The van der Waals surface area contributed by atoms with Gasteiger partial charge in [0, 0.05) is 31.4 Å². The number of aromatic nitrogens is 1. The number of piperazine rings is 1. The van der Waals surface area contributed by atoms with E-state index in [4.69, 9.17) is 4.74 Å². The second-order valence-corrected chi connectivity index (χ2v) is 5.45. The van der Waals surface area contributed by atoms with E-state index in [1.807, 2.05) is 4.90 Å². The second kappa shape index (κ2) is 6.30. The van der Waals surface area contributed by atoms with Gasteiger partial charge in [-0.25, -0.2) is 4.79 Å². The van der Waals surface area contributed by atoms with Crippen LogP contribution in [-0.2, 0) is 4.74 Å². The monoisotopic (exact) mass is 293 g/mol. The first kappa shape index (κ1) is 15.6. The summed E-state index contributed by atoms with van der Waals surface area (Å²) in [5.41, 5.74) is 2.31. The summed E-state index contributed by atoms with van der Waals surface area (Å²) < 4.78 is 5.05. The van der Waals surface area contributed by atoms with E-state index in [9.17, 15) is 9.59 Å². The lowest BCUT2D eigenvalue weighted by Gasteiger charge is -2.31. The molecule has 0 bridgehead atoms. The molecule has 0 radical (unpaired) electrons. The first-order valence-electron chi connectivity index (χ1n) is 7.34. The third-order valence-corrected chi connectivity index (χ3v) is 3.79. The van der Waals surface area contributed by atoms with Gasteiger partial charge in [-0.05, 0) is 33.3 Å². The van der Waals surface area contributed by atoms with E-state index in [2.05, 4.69) is 17.2 Å². The molecule has 2 N–H and O–H groups in total. The zero-order chi connectivity index (χ0) is 15.6. The van der Waals surface area contributed by atoms with E-state index in [-0.39, 0.29) is 17.9 Å². The molecule has 0 saturated carbocycles. The van der Waals surface area contributed by atoms with Crippen molar-refractivity contribution in [1.82, 2.24) is 15.2 Å². The molecule has 6 heteroatoms. The van der Waals surface area contributed by atoms with Crippen molar-refractivity contribution >= 4 is 11.9 Å². The second-order valence-electron chi connectivity index (χ2n) is 5.45. The number of aromatic amines is 1. The summed E-state index contributed by atoms with van der Waals surface area (Å²) in [6, 6.07) is 0.281. The SMILES string of the molecule is CCOC(=O)c1c(C)[nH]c(C(=O)N2CCN[C@H](C)C2)c1C. The van der Waals surface area contributed by atoms with Crippen molar-refractivity contribution in [2.75, 3.05) is 26.2 Å². The van der Waals surface area contributed by atoms with Crippen LogP contribution in [-0.4, -0.2) is 54.0 Å². The van der Waals surface area contributed by atoms with Crippen molar-refractivity contribution in [3.05, 3.63) is 22.5 Å².